The molecule has 4 heteroatoms. The zero-order valence-corrected chi connectivity index (χ0v) is 11.3. The first kappa shape index (κ1) is 12.4. The standard InChI is InChI=1S/C16H16N4/c1-20(11-12-7-3-2-4-8-12)15-13-9-5-6-10-14(13)18-16(17)19-15/h2-10H,11H2,1H3,(H2,17,18,19). The second-order valence-electron chi connectivity index (χ2n) is 4.76. The number of aromatic nitrogens is 2. The van der Waals surface area contributed by atoms with Crippen molar-refractivity contribution in [2.24, 2.45) is 0 Å². The van der Waals surface area contributed by atoms with Crippen molar-refractivity contribution in [1.82, 2.24) is 9.97 Å². The molecule has 1 heterocycles. The van der Waals surface area contributed by atoms with E-state index in [0.717, 1.165) is 23.3 Å². The molecule has 0 aliphatic rings. The molecule has 0 aliphatic heterocycles. The molecule has 0 bridgehead atoms. The van der Waals surface area contributed by atoms with Gasteiger partial charge in [0.25, 0.3) is 0 Å². The van der Waals surface area contributed by atoms with Crippen molar-refractivity contribution in [2.75, 3.05) is 17.7 Å². The summed E-state index contributed by atoms with van der Waals surface area (Å²) in [7, 11) is 2.02. The Morgan fingerprint density at radius 3 is 2.45 bits per heavy atom. The summed E-state index contributed by atoms with van der Waals surface area (Å²) in [6.45, 7) is 0.779. The molecule has 3 aromatic rings. The SMILES string of the molecule is CN(Cc1ccccc1)c1nc(N)nc2ccccc12. The summed E-state index contributed by atoms with van der Waals surface area (Å²) in [6, 6.07) is 18.2. The van der Waals surface area contributed by atoms with Gasteiger partial charge in [-0.25, -0.2) is 4.98 Å². The average Bonchev–Trinajstić information content (AvgIpc) is 2.47. The van der Waals surface area contributed by atoms with Gasteiger partial charge in [-0.2, -0.15) is 4.98 Å². The first-order valence-electron chi connectivity index (χ1n) is 6.51. The maximum Gasteiger partial charge on any atom is 0.222 e. The van der Waals surface area contributed by atoms with Crippen molar-refractivity contribution in [3.05, 3.63) is 60.2 Å². The third-order valence-corrected chi connectivity index (χ3v) is 3.22. The third kappa shape index (κ3) is 2.40. The van der Waals surface area contributed by atoms with Crippen LogP contribution in [0, 0.1) is 0 Å². The van der Waals surface area contributed by atoms with Gasteiger partial charge >= 0.3 is 0 Å². The van der Waals surface area contributed by atoms with E-state index in [9.17, 15) is 0 Å². The van der Waals surface area contributed by atoms with Gasteiger partial charge in [-0.15, -0.1) is 0 Å². The highest BCUT2D eigenvalue weighted by Gasteiger charge is 2.10. The van der Waals surface area contributed by atoms with Crippen LogP contribution in [-0.2, 0) is 6.54 Å². The first-order chi connectivity index (χ1) is 9.74. The molecule has 0 atom stereocenters. The maximum absolute atomic E-state index is 5.81. The van der Waals surface area contributed by atoms with Crippen LogP contribution in [-0.4, -0.2) is 17.0 Å². The first-order valence-corrected chi connectivity index (χ1v) is 6.51. The van der Waals surface area contributed by atoms with Gasteiger partial charge in [-0.1, -0.05) is 42.5 Å². The minimum absolute atomic E-state index is 0.304. The Morgan fingerprint density at radius 1 is 0.950 bits per heavy atom. The molecular weight excluding hydrogens is 248 g/mol. The van der Waals surface area contributed by atoms with Gasteiger partial charge in [-0.3, -0.25) is 0 Å². The van der Waals surface area contributed by atoms with Crippen LogP contribution in [0.2, 0.25) is 0 Å². The number of nitrogens with two attached hydrogens (primary N) is 1. The molecule has 4 nitrogen and oxygen atoms in total. The molecule has 0 spiro atoms. The van der Waals surface area contributed by atoms with E-state index in [1.807, 2.05) is 49.5 Å². The predicted octanol–water partition coefficient (Wildman–Crippen LogP) is 2.85. The Balaban J connectivity index is 2.01. The van der Waals surface area contributed by atoms with Gasteiger partial charge in [0.05, 0.1) is 5.52 Å². The lowest BCUT2D eigenvalue weighted by Gasteiger charge is -2.20. The smallest absolute Gasteiger partial charge is 0.222 e. The number of benzene rings is 2. The van der Waals surface area contributed by atoms with Gasteiger partial charge in [0.15, 0.2) is 0 Å². The largest absolute Gasteiger partial charge is 0.368 e. The second-order valence-corrected chi connectivity index (χ2v) is 4.76. The quantitative estimate of drug-likeness (QED) is 0.790. The van der Waals surface area contributed by atoms with Crippen molar-refractivity contribution in [3.8, 4) is 0 Å². The summed E-state index contributed by atoms with van der Waals surface area (Å²) < 4.78 is 0. The number of nitrogens with zero attached hydrogens (tertiary/aromatic N) is 3. The summed E-state index contributed by atoms with van der Waals surface area (Å²) in [5, 5.41) is 1.01. The summed E-state index contributed by atoms with van der Waals surface area (Å²) in [5.41, 5.74) is 7.91. The van der Waals surface area contributed by atoms with Crippen LogP contribution in [0.25, 0.3) is 10.9 Å². The highest BCUT2D eigenvalue weighted by atomic mass is 15.2. The zero-order valence-electron chi connectivity index (χ0n) is 11.3. The van der Waals surface area contributed by atoms with E-state index in [-0.39, 0.29) is 0 Å². The van der Waals surface area contributed by atoms with E-state index in [4.69, 9.17) is 5.73 Å². The number of anilines is 2. The van der Waals surface area contributed by atoms with Crippen LogP contribution >= 0.6 is 0 Å². The van der Waals surface area contributed by atoms with E-state index in [0.29, 0.717) is 5.95 Å². The number of rotatable bonds is 3. The summed E-state index contributed by atoms with van der Waals surface area (Å²) in [4.78, 5) is 10.7. The number of hydrogen-bond donors (Lipinski definition) is 1. The average molecular weight is 264 g/mol. The lowest BCUT2D eigenvalue weighted by Crippen LogP contribution is -2.19. The van der Waals surface area contributed by atoms with Crippen LogP contribution < -0.4 is 10.6 Å². The number of nitrogen functional groups attached to an aromatic ring is 1. The molecule has 0 saturated heterocycles. The molecule has 0 unspecified atom stereocenters. The molecule has 3 rings (SSSR count). The molecule has 0 saturated carbocycles. The molecular formula is C16H16N4. The van der Waals surface area contributed by atoms with E-state index in [1.54, 1.807) is 0 Å². The highest BCUT2D eigenvalue weighted by Crippen LogP contribution is 2.24. The zero-order chi connectivity index (χ0) is 13.9. The molecule has 0 radical (unpaired) electrons. The fourth-order valence-electron chi connectivity index (χ4n) is 2.30. The van der Waals surface area contributed by atoms with Gasteiger partial charge < -0.3 is 10.6 Å². The Labute approximate surface area is 117 Å². The molecule has 2 aromatic carbocycles. The van der Waals surface area contributed by atoms with Crippen molar-refractivity contribution < 1.29 is 0 Å². The summed E-state index contributed by atoms with van der Waals surface area (Å²) in [6.07, 6.45) is 0. The summed E-state index contributed by atoms with van der Waals surface area (Å²) >= 11 is 0. The molecule has 100 valence electrons. The van der Waals surface area contributed by atoms with Gasteiger partial charge in [0.1, 0.15) is 5.82 Å². The monoisotopic (exact) mass is 264 g/mol. The summed E-state index contributed by atoms with van der Waals surface area (Å²) in [5.74, 6) is 1.16. The predicted molar refractivity (Wildman–Crippen MR) is 82.5 cm³/mol. The fraction of sp³-hybridized carbons (Fsp3) is 0.125. The van der Waals surface area contributed by atoms with Crippen molar-refractivity contribution in [1.29, 1.82) is 0 Å². The molecule has 20 heavy (non-hydrogen) atoms. The van der Waals surface area contributed by atoms with Crippen LogP contribution in [0.1, 0.15) is 5.56 Å². The van der Waals surface area contributed by atoms with Gasteiger partial charge in [0.2, 0.25) is 5.95 Å². The third-order valence-electron chi connectivity index (χ3n) is 3.22. The Bertz CT molecular complexity index is 725. The number of para-hydroxylation sites is 1. The molecule has 1 aromatic heterocycles. The fourth-order valence-corrected chi connectivity index (χ4v) is 2.30. The Hall–Kier alpha value is -2.62. The van der Waals surface area contributed by atoms with Crippen molar-refractivity contribution in [3.63, 3.8) is 0 Å². The number of hydrogen-bond acceptors (Lipinski definition) is 4. The lowest BCUT2D eigenvalue weighted by molar-refractivity contribution is 0.902. The lowest BCUT2D eigenvalue weighted by atomic mass is 10.2. The van der Waals surface area contributed by atoms with Gasteiger partial charge in [-0.05, 0) is 17.7 Å². The van der Waals surface area contributed by atoms with Crippen LogP contribution in [0.5, 0.6) is 0 Å². The van der Waals surface area contributed by atoms with Crippen molar-refractivity contribution in [2.45, 2.75) is 6.54 Å². The molecule has 0 fully saturated rings. The number of fused-ring (bicyclic) bond motifs is 1. The van der Waals surface area contributed by atoms with Crippen molar-refractivity contribution >= 4 is 22.7 Å². The molecule has 0 aliphatic carbocycles. The van der Waals surface area contributed by atoms with Crippen LogP contribution in [0.3, 0.4) is 0 Å². The topological polar surface area (TPSA) is 55.0 Å². The minimum Gasteiger partial charge on any atom is -0.368 e. The van der Waals surface area contributed by atoms with Crippen LogP contribution in [0.4, 0.5) is 11.8 Å². The Kier molecular flexibility index (Phi) is 3.21. The van der Waals surface area contributed by atoms with E-state index >= 15 is 0 Å². The molecule has 0 amide bonds. The van der Waals surface area contributed by atoms with Gasteiger partial charge in [0, 0.05) is 19.0 Å². The minimum atomic E-state index is 0.304. The molecule has 2 N–H and O–H groups in total. The second kappa shape index (κ2) is 5.17. The highest BCUT2D eigenvalue weighted by molar-refractivity contribution is 5.90. The van der Waals surface area contributed by atoms with E-state index in [1.165, 1.54) is 5.56 Å². The Morgan fingerprint density at radius 2 is 1.65 bits per heavy atom. The van der Waals surface area contributed by atoms with E-state index in [2.05, 4.69) is 27.0 Å². The maximum atomic E-state index is 5.81. The normalized spacial score (nSPS) is 10.7. The van der Waals surface area contributed by atoms with Crippen LogP contribution in [0.15, 0.2) is 54.6 Å². The van der Waals surface area contributed by atoms with E-state index < -0.39 is 0 Å².